The van der Waals surface area contributed by atoms with Gasteiger partial charge < -0.3 is 16.4 Å². The van der Waals surface area contributed by atoms with Gasteiger partial charge in [-0.1, -0.05) is 25.6 Å². The number of unbranched alkanes of at least 4 members (excludes halogenated alkanes) is 1. The van der Waals surface area contributed by atoms with Crippen LogP contribution in [0.1, 0.15) is 26.2 Å². The van der Waals surface area contributed by atoms with Crippen molar-refractivity contribution >= 4 is 29.0 Å². The van der Waals surface area contributed by atoms with Crippen LogP contribution < -0.4 is 11.5 Å². The fourth-order valence-corrected chi connectivity index (χ4v) is 1.62. The molecule has 110 valence electrons. The van der Waals surface area contributed by atoms with Crippen LogP contribution in [-0.4, -0.2) is 59.8 Å². The molecule has 0 radical (unpaired) electrons. The SMILES string of the molecule is CCCCN(CC(N)=O)CC(=O)N(C)CCC(N)=S. The second kappa shape index (κ2) is 9.69. The molecule has 0 heterocycles. The lowest BCUT2D eigenvalue weighted by Gasteiger charge is -2.23. The highest BCUT2D eigenvalue weighted by Gasteiger charge is 2.15. The summed E-state index contributed by atoms with van der Waals surface area (Å²) in [4.78, 5) is 26.6. The summed E-state index contributed by atoms with van der Waals surface area (Å²) in [6.07, 6.45) is 2.43. The standard InChI is InChI=1S/C12H24N4O2S/c1-3-4-6-16(8-10(13)17)9-12(18)15(2)7-5-11(14)19/h3-9H2,1-2H3,(H2,13,17)(H2,14,19). The van der Waals surface area contributed by atoms with E-state index in [2.05, 4.69) is 6.92 Å². The number of amides is 2. The second-order valence-corrected chi connectivity index (χ2v) is 5.09. The lowest BCUT2D eigenvalue weighted by atomic mass is 10.3. The molecule has 2 amide bonds. The van der Waals surface area contributed by atoms with Crippen molar-refractivity contribution in [1.82, 2.24) is 9.80 Å². The molecule has 0 spiro atoms. The van der Waals surface area contributed by atoms with E-state index in [1.165, 1.54) is 0 Å². The van der Waals surface area contributed by atoms with Crippen molar-refractivity contribution in [3.05, 3.63) is 0 Å². The van der Waals surface area contributed by atoms with Gasteiger partial charge in [0.25, 0.3) is 0 Å². The molecule has 0 saturated heterocycles. The van der Waals surface area contributed by atoms with Gasteiger partial charge in [-0.3, -0.25) is 14.5 Å². The van der Waals surface area contributed by atoms with E-state index in [0.717, 1.165) is 12.8 Å². The normalized spacial score (nSPS) is 10.5. The number of thiocarbonyl (C=S) groups is 1. The maximum Gasteiger partial charge on any atom is 0.236 e. The van der Waals surface area contributed by atoms with Crippen LogP contribution in [-0.2, 0) is 9.59 Å². The number of carbonyl (C=O) groups is 2. The lowest BCUT2D eigenvalue weighted by Crippen LogP contribution is -2.43. The summed E-state index contributed by atoms with van der Waals surface area (Å²) in [5.74, 6) is -0.483. The van der Waals surface area contributed by atoms with Gasteiger partial charge in [-0.05, 0) is 13.0 Å². The maximum absolute atomic E-state index is 12.0. The molecule has 0 fully saturated rings. The van der Waals surface area contributed by atoms with Crippen molar-refractivity contribution in [2.75, 3.05) is 33.2 Å². The zero-order valence-corrected chi connectivity index (χ0v) is 12.5. The summed E-state index contributed by atoms with van der Waals surface area (Å²) in [6, 6.07) is 0. The van der Waals surface area contributed by atoms with E-state index in [-0.39, 0.29) is 19.0 Å². The second-order valence-electron chi connectivity index (χ2n) is 4.56. The van der Waals surface area contributed by atoms with Crippen molar-refractivity contribution in [2.45, 2.75) is 26.2 Å². The van der Waals surface area contributed by atoms with Crippen LogP contribution in [0.3, 0.4) is 0 Å². The molecule has 0 aromatic heterocycles. The molecule has 7 heteroatoms. The number of nitrogens with zero attached hydrogens (tertiary/aromatic N) is 2. The molecule has 0 aliphatic rings. The Morgan fingerprint density at radius 3 is 2.26 bits per heavy atom. The number of rotatable bonds is 10. The van der Waals surface area contributed by atoms with Gasteiger partial charge in [-0.25, -0.2) is 0 Å². The van der Waals surface area contributed by atoms with Gasteiger partial charge in [0.15, 0.2) is 0 Å². The number of carbonyl (C=O) groups excluding carboxylic acids is 2. The van der Waals surface area contributed by atoms with Crippen LogP contribution in [0.15, 0.2) is 0 Å². The number of nitrogens with two attached hydrogens (primary N) is 2. The first-order valence-electron chi connectivity index (χ1n) is 6.39. The van der Waals surface area contributed by atoms with Gasteiger partial charge in [-0.2, -0.15) is 0 Å². The summed E-state index contributed by atoms with van der Waals surface area (Å²) in [5.41, 5.74) is 10.6. The summed E-state index contributed by atoms with van der Waals surface area (Å²) in [5, 5.41) is 0. The first-order valence-corrected chi connectivity index (χ1v) is 6.80. The minimum absolute atomic E-state index is 0.0615. The Hall–Kier alpha value is -1.21. The van der Waals surface area contributed by atoms with Crippen LogP contribution in [0.2, 0.25) is 0 Å². The van der Waals surface area contributed by atoms with Crippen molar-refractivity contribution in [1.29, 1.82) is 0 Å². The van der Waals surface area contributed by atoms with Crippen LogP contribution in [0.5, 0.6) is 0 Å². The summed E-state index contributed by atoms with van der Waals surface area (Å²) in [7, 11) is 1.70. The zero-order valence-electron chi connectivity index (χ0n) is 11.7. The molecule has 0 unspecified atom stereocenters. The average molecular weight is 288 g/mol. The Bertz CT molecular complexity index is 323. The van der Waals surface area contributed by atoms with E-state index in [0.29, 0.717) is 24.5 Å². The molecule has 4 N–H and O–H groups in total. The highest BCUT2D eigenvalue weighted by molar-refractivity contribution is 7.80. The Kier molecular flexibility index (Phi) is 9.07. The first-order chi connectivity index (χ1) is 8.86. The first kappa shape index (κ1) is 17.8. The highest BCUT2D eigenvalue weighted by Crippen LogP contribution is 1.98. The van der Waals surface area contributed by atoms with E-state index in [4.69, 9.17) is 23.7 Å². The highest BCUT2D eigenvalue weighted by atomic mass is 32.1. The zero-order chi connectivity index (χ0) is 14.8. The third-order valence-corrected chi connectivity index (χ3v) is 2.89. The van der Waals surface area contributed by atoms with Gasteiger partial charge in [0.05, 0.1) is 18.1 Å². The smallest absolute Gasteiger partial charge is 0.236 e. The quantitative estimate of drug-likeness (QED) is 0.539. The molecular formula is C12H24N4O2S. The predicted octanol–water partition coefficient (Wildman–Crippen LogP) is -0.292. The van der Waals surface area contributed by atoms with E-state index in [1.807, 2.05) is 0 Å². The maximum atomic E-state index is 12.0. The molecule has 0 aromatic carbocycles. The summed E-state index contributed by atoms with van der Waals surface area (Å²) >= 11 is 4.77. The number of likely N-dealkylation sites (N-methyl/N-ethyl adjacent to an activating group) is 1. The number of primary amides is 1. The van der Waals surface area contributed by atoms with Gasteiger partial charge in [-0.15, -0.1) is 0 Å². The van der Waals surface area contributed by atoms with Crippen molar-refractivity contribution in [2.24, 2.45) is 11.5 Å². The summed E-state index contributed by atoms with van der Waals surface area (Å²) < 4.78 is 0. The topological polar surface area (TPSA) is 92.7 Å². The predicted molar refractivity (Wildman–Crippen MR) is 79.6 cm³/mol. The average Bonchev–Trinajstić information content (AvgIpc) is 2.32. The largest absolute Gasteiger partial charge is 0.393 e. The molecule has 0 aliphatic carbocycles. The minimum Gasteiger partial charge on any atom is -0.393 e. The molecule has 19 heavy (non-hydrogen) atoms. The molecule has 0 aromatic rings. The van der Waals surface area contributed by atoms with Gasteiger partial charge in [0.2, 0.25) is 11.8 Å². The third kappa shape index (κ3) is 9.38. The van der Waals surface area contributed by atoms with E-state index < -0.39 is 5.91 Å². The molecule has 0 rings (SSSR count). The summed E-state index contributed by atoms with van der Waals surface area (Å²) in [6.45, 7) is 3.53. The Morgan fingerprint density at radius 2 is 1.79 bits per heavy atom. The van der Waals surface area contributed by atoms with E-state index in [1.54, 1.807) is 16.8 Å². The minimum atomic E-state index is -0.422. The van der Waals surface area contributed by atoms with Crippen LogP contribution >= 0.6 is 12.2 Å². The van der Waals surface area contributed by atoms with Gasteiger partial charge in [0, 0.05) is 20.0 Å². The molecule has 0 atom stereocenters. The van der Waals surface area contributed by atoms with Crippen molar-refractivity contribution < 1.29 is 9.59 Å². The molecular weight excluding hydrogens is 264 g/mol. The third-order valence-electron chi connectivity index (χ3n) is 2.69. The molecule has 0 aliphatic heterocycles. The van der Waals surface area contributed by atoms with Gasteiger partial charge >= 0.3 is 0 Å². The molecule has 0 bridgehead atoms. The van der Waals surface area contributed by atoms with E-state index in [9.17, 15) is 9.59 Å². The van der Waals surface area contributed by atoms with Crippen molar-refractivity contribution in [3.8, 4) is 0 Å². The van der Waals surface area contributed by atoms with Gasteiger partial charge in [0.1, 0.15) is 0 Å². The Morgan fingerprint density at radius 1 is 1.16 bits per heavy atom. The number of hydrogen-bond donors (Lipinski definition) is 2. The molecule has 0 saturated carbocycles. The fourth-order valence-electron chi connectivity index (χ4n) is 1.53. The van der Waals surface area contributed by atoms with Crippen molar-refractivity contribution in [3.63, 3.8) is 0 Å². The fraction of sp³-hybridized carbons (Fsp3) is 0.750. The monoisotopic (exact) mass is 288 g/mol. The van der Waals surface area contributed by atoms with Crippen LogP contribution in [0.4, 0.5) is 0 Å². The van der Waals surface area contributed by atoms with Crippen LogP contribution in [0, 0.1) is 0 Å². The van der Waals surface area contributed by atoms with E-state index >= 15 is 0 Å². The Balaban J connectivity index is 4.26. The lowest BCUT2D eigenvalue weighted by molar-refractivity contribution is -0.131. The number of hydrogen-bond acceptors (Lipinski definition) is 4. The Labute approximate surface area is 120 Å². The van der Waals surface area contributed by atoms with Crippen LogP contribution in [0.25, 0.3) is 0 Å². The molecule has 6 nitrogen and oxygen atoms in total.